The van der Waals surface area contributed by atoms with Crippen molar-refractivity contribution < 1.29 is 18.0 Å². The van der Waals surface area contributed by atoms with E-state index in [1.54, 1.807) is 6.07 Å². The highest BCUT2D eigenvalue weighted by Gasteiger charge is 2.26. The third-order valence-electron chi connectivity index (χ3n) is 2.72. The number of hydrogen-bond acceptors (Lipinski definition) is 4. The molecule has 0 aliphatic carbocycles. The van der Waals surface area contributed by atoms with Crippen LogP contribution < -0.4 is 16.6 Å². The summed E-state index contributed by atoms with van der Waals surface area (Å²) in [5, 5.41) is 2.46. The molecule has 0 aromatic carbocycles. The van der Waals surface area contributed by atoms with E-state index >= 15 is 0 Å². The molecule has 0 spiro atoms. The lowest BCUT2D eigenvalue weighted by Crippen LogP contribution is -2.26. The molecule has 0 bridgehead atoms. The minimum Gasteiger partial charge on any atom is -0.352 e. The Bertz CT molecular complexity index is 477. The van der Waals surface area contributed by atoms with Gasteiger partial charge in [0, 0.05) is 24.2 Å². The summed E-state index contributed by atoms with van der Waals surface area (Å²) < 4.78 is 36.0. The van der Waals surface area contributed by atoms with Gasteiger partial charge in [0.15, 0.2) is 0 Å². The van der Waals surface area contributed by atoms with Gasteiger partial charge in [0.1, 0.15) is 5.82 Å². The number of anilines is 1. The van der Waals surface area contributed by atoms with Gasteiger partial charge in [-0.25, -0.2) is 10.8 Å². The van der Waals surface area contributed by atoms with Crippen LogP contribution in [0.15, 0.2) is 12.1 Å². The molecule has 0 aliphatic rings. The van der Waals surface area contributed by atoms with Crippen LogP contribution in [0.4, 0.5) is 19.0 Å². The quantitative estimate of drug-likeness (QED) is 0.410. The SMILES string of the molecule is CCCc1cc(C(=O)NCCCC(F)(F)F)cc(NN)n1. The molecule has 0 radical (unpaired) electrons. The van der Waals surface area contributed by atoms with Gasteiger partial charge in [-0.3, -0.25) is 4.79 Å². The first-order valence-electron chi connectivity index (χ1n) is 6.68. The average molecular weight is 304 g/mol. The third-order valence-corrected chi connectivity index (χ3v) is 2.72. The number of amides is 1. The van der Waals surface area contributed by atoms with Crippen LogP contribution in [0.25, 0.3) is 0 Å². The summed E-state index contributed by atoms with van der Waals surface area (Å²) in [6.45, 7) is 1.94. The highest BCUT2D eigenvalue weighted by atomic mass is 19.4. The van der Waals surface area contributed by atoms with E-state index in [9.17, 15) is 18.0 Å². The van der Waals surface area contributed by atoms with Gasteiger partial charge in [-0.15, -0.1) is 0 Å². The number of hydrazine groups is 1. The van der Waals surface area contributed by atoms with Crippen molar-refractivity contribution in [1.29, 1.82) is 0 Å². The Hall–Kier alpha value is -1.83. The number of aryl methyl sites for hydroxylation is 1. The van der Waals surface area contributed by atoms with Crippen LogP contribution in [0.2, 0.25) is 0 Å². The molecule has 0 saturated heterocycles. The molecule has 5 nitrogen and oxygen atoms in total. The lowest BCUT2D eigenvalue weighted by molar-refractivity contribution is -0.135. The Morgan fingerprint density at radius 2 is 2.10 bits per heavy atom. The molecule has 0 fully saturated rings. The van der Waals surface area contributed by atoms with E-state index in [2.05, 4.69) is 15.7 Å². The molecule has 1 heterocycles. The molecule has 118 valence electrons. The van der Waals surface area contributed by atoms with Crippen molar-refractivity contribution >= 4 is 11.7 Å². The van der Waals surface area contributed by atoms with E-state index in [-0.39, 0.29) is 13.0 Å². The number of nitrogens with two attached hydrogens (primary N) is 1. The number of pyridine rings is 1. The van der Waals surface area contributed by atoms with E-state index in [1.165, 1.54) is 6.07 Å². The lowest BCUT2D eigenvalue weighted by Gasteiger charge is -2.10. The molecule has 1 amide bonds. The van der Waals surface area contributed by atoms with Crippen LogP contribution in [0.5, 0.6) is 0 Å². The molecular formula is C13H19F3N4O. The Kier molecular flexibility index (Phi) is 6.41. The number of alkyl halides is 3. The minimum absolute atomic E-state index is 0.0326. The normalized spacial score (nSPS) is 11.3. The fraction of sp³-hybridized carbons (Fsp3) is 0.538. The minimum atomic E-state index is -4.20. The average Bonchev–Trinajstić information content (AvgIpc) is 2.42. The third kappa shape index (κ3) is 6.44. The fourth-order valence-corrected chi connectivity index (χ4v) is 1.77. The molecule has 0 atom stereocenters. The molecule has 1 aromatic heterocycles. The summed E-state index contributed by atoms with van der Waals surface area (Å²) in [4.78, 5) is 16.1. The van der Waals surface area contributed by atoms with Crippen molar-refractivity contribution in [2.45, 2.75) is 38.8 Å². The van der Waals surface area contributed by atoms with Crippen LogP contribution >= 0.6 is 0 Å². The maximum atomic E-state index is 12.0. The fourth-order valence-electron chi connectivity index (χ4n) is 1.77. The first-order valence-corrected chi connectivity index (χ1v) is 6.68. The predicted octanol–water partition coefficient (Wildman–Crippen LogP) is 2.39. The summed E-state index contributed by atoms with van der Waals surface area (Å²) in [6, 6.07) is 3.07. The number of halogens is 3. The van der Waals surface area contributed by atoms with E-state index < -0.39 is 18.5 Å². The number of rotatable bonds is 7. The molecule has 0 saturated carbocycles. The molecule has 0 aliphatic heterocycles. The second-order valence-electron chi connectivity index (χ2n) is 4.60. The monoisotopic (exact) mass is 304 g/mol. The van der Waals surface area contributed by atoms with Gasteiger partial charge in [0.2, 0.25) is 0 Å². The molecule has 8 heteroatoms. The first-order chi connectivity index (χ1) is 9.85. The van der Waals surface area contributed by atoms with E-state index in [0.717, 1.165) is 6.42 Å². The maximum Gasteiger partial charge on any atom is 0.389 e. The highest BCUT2D eigenvalue weighted by molar-refractivity contribution is 5.94. The zero-order valence-electron chi connectivity index (χ0n) is 11.8. The van der Waals surface area contributed by atoms with Crippen molar-refractivity contribution in [2.24, 2.45) is 5.84 Å². The van der Waals surface area contributed by atoms with Gasteiger partial charge >= 0.3 is 6.18 Å². The van der Waals surface area contributed by atoms with Crippen molar-refractivity contribution in [3.8, 4) is 0 Å². The highest BCUT2D eigenvalue weighted by Crippen LogP contribution is 2.20. The molecule has 4 N–H and O–H groups in total. The summed E-state index contributed by atoms with van der Waals surface area (Å²) in [6.07, 6.45) is -3.73. The zero-order valence-corrected chi connectivity index (χ0v) is 11.8. The van der Waals surface area contributed by atoms with Gasteiger partial charge in [-0.05, 0) is 25.0 Å². The van der Waals surface area contributed by atoms with E-state index in [1.807, 2.05) is 6.92 Å². The van der Waals surface area contributed by atoms with Gasteiger partial charge < -0.3 is 10.7 Å². The molecule has 0 unspecified atom stereocenters. The van der Waals surface area contributed by atoms with Gasteiger partial charge in [-0.1, -0.05) is 13.3 Å². The summed E-state index contributed by atoms with van der Waals surface area (Å²) >= 11 is 0. The molecule has 1 aromatic rings. The second kappa shape index (κ2) is 7.82. The first kappa shape index (κ1) is 17.2. The van der Waals surface area contributed by atoms with Crippen molar-refractivity contribution in [3.05, 3.63) is 23.4 Å². The number of carbonyl (C=O) groups is 1. The number of nitrogen functional groups attached to an aromatic ring is 1. The van der Waals surface area contributed by atoms with Crippen LogP contribution in [0, 0.1) is 0 Å². The van der Waals surface area contributed by atoms with Gasteiger partial charge in [0.05, 0.1) is 0 Å². The van der Waals surface area contributed by atoms with E-state index in [0.29, 0.717) is 23.5 Å². The number of nitrogens with zero attached hydrogens (tertiary/aromatic N) is 1. The predicted molar refractivity (Wildman–Crippen MR) is 73.7 cm³/mol. The molecular weight excluding hydrogens is 285 g/mol. The standard InChI is InChI=1S/C13H19F3N4O/c1-2-4-10-7-9(8-11(19-10)20-17)12(21)18-6-3-5-13(14,15)16/h7-8H,2-6,17H2,1H3,(H,18,21)(H,19,20). The Morgan fingerprint density at radius 3 is 2.67 bits per heavy atom. The molecule has 1 rings (SSSR count). The summed E-state index contributed by atoms with van der Waals surface area (Å²) in [5.74, 6) is 5.20. The van der Waals surface area contributed by atoms with Crippen molar-refractivity contribution in [3.63, 3.8) is 0 Å². The summed E-state index contributed by atoms with van der Waals surface area (Å²) in [5.41, 5.74) is 3.40. The van der Waals surface area contributed by atoms with E-state index in [4.69, 9.17) is 5.84 Å². The lowest BCUT2D eigenvalue weighted by atomic mass is 10.1. The Labute approximate surface area is 121 Å². The van der Waals surface area contributed by atoms with Crippen LogP contribution in [-0.4, -0.2) is 23.6 Å². The van der Waals surface area contributed by atoms with Crippen LogP contribution in [0.1, 0.15) is 42.2 Å². The largest absolute Gasteiger partial charge is 0.389 e. The number of nitrogens with one attached hydrogen (secondary N) is 2. The Balaban J connectivity index is 2.62. The van der Waals surface area contributed by atoms with Gasteiger partial charge in [-0.2, -0.15) is 13.2 Å². The smallest absolute Gasteiger partial charge is 0.352 e. The van der Waals surface area contributed by atoms with Crippen molar-refractivity contribution in [1.82, 2.24) is 10.3 Å². The van der Waals surface area contributed by atoms with Crippen molar-refractivity contribution in [2.75, 3.05) is 12.0 Å². The maximum absolute atomic E-state index is 12.0. The number of carbonyl (C=O) groups excluding carboxylic acids is 1. The number of hydrogen-bond donors (Lipinski definition) is 3. The Morgan fingerprint density at radius 1 is 1.38 bits per heavy atom. The summed E-state index contributed by atoms with van der Waals surface area (Å²) in [7, 11) is 0. The van der Waals surface area contributed by atoms with Crippen LogP contribution in [-0.2, 0) is 6.42 Å². The topological polar surface area (TPSA) is 80.0 Å². The van der Waals surface area contributed by atoms with Crippen LogP contribution in [0.3, 0.4) is 0 Å². The van der Waals surface area contributed by atoms with Gasteiger partial charge in [0.25, 0.3) is 5.91 Å². The molecule has 21 heavy (non-hydrogen) atoms. The number of aromatic nitrogens is 1. The second-order valence-corrected chi connectivity index (χ2v) is 4.60. The zero-order chi connectivity index (χ0) is 15.9.